The topological polar surface area (TPSA) is 94.2 Å². The van der Waals surface area contributed by atoms with Gasteiger partial charge in [-0.25, -0.2) is 4.98 Å². The van der Waals surface area contributed by atoms with Gasteiger partial charge in [0, 0.05) is 51.6 Å². The molecule has 3 saturated heterocycles. The molecule has 40 heavy (non-hydrogen) atoms. The highest BCUT2D eigenvalue weighted by Crippen LogP contribution is 2.33. The SMILES string of the molecule is COc1c(NC[C@H]2CCC[C@@H](c3ccc(C)cc3)O2)ccnc1C(=O)N1CCC(N[C@H]2CCOC[C@H]2OC)CC1. The summed E-state index contributed by atoms with van der Waals surface area (Å²) in [5.41, 5.74) is 3.60. The number of nitrogens with one attached hydrogen (secondary N) is 2. The predicted molar refractivity (Wildman–Crippen MR) is 154 cm³/mol. The molecular weight excluding hydrogens is 508 g/mol. The van der Waals surface area contributed by atoms with E-state index in [4.69, 9.17) is 18.9 Å². The van der Waals surface area contributed by atoms with E-state index in [0.717, 1.165) is 50.8 Å². The molecule has 9 nitrogen and oxygen atoms in total. The molecule has 0 spiro atoms. The number of rotatable bonds is 9. The minimum atomic E-state index is -0.0897. The number of carbonyl (C=O) groups excluding carboxylic acids is 1. The number of likely N-dealkylation sites (tertiary alicyclic amines) is 1. The van der Waals surface area contributed by atoms with Crippen molar-refractivity contribution in [2.75, 3.05) is 52.4 Å². The van der Waals surface area contributed by atoms with Gasteiger partial charge in [0.1, 0.15) is 0 Å². The summed E-state index contributed by atoms with van der Waals surface area (Å²) in [4.78, 5) is 19.9. The molecule has 0 unspecified atom stereocenters. The predicted octanol–water partition coefficient (Wildman–Crippen LogP) is 4.12. The second-order valence-corrected chi connectivity index (χ2v) is 11.2. The Kier molecular flexibility index (Phi) is 9.91. The van der Waals surface area contributed by atoms with E-state index in [-0.39, 0.29) is 30.3 Å². The van der Waals surface area contributed by atoms with Crippen molar-refractivity contribution in [2.24, 2.45) is 0 Å². The molecule has 5 rings (SSSR count). The van der Waals surface area contributed by atoms with Crippen LogP contribution in [-0.4, -0.2) is 87.2 Å². The maximum atomic E-state index is 13.5. The van der Waals surface area contributed by atoms with Crippen LogP contribution in [0.15, 0.2) is 36.5 Å². The fraction of sp³-hybridized carbons (Fsp3) is 0.613. The van der Waals surface area contributed by atoms with E-state index in [1.54, 1.807) is 20.4 Å². The molecule has 9 heteroatoms. The highest BCUT2D eigenvalue weighted by Gasteiger charge is 2.32. The van der Waals surface area contributed by atoms with Gasteiger partial charge < -0.3 is 34.5 Å². The van der Waals surface area contributed by atoms with Crippen LogP contribution >= 0.6 is 0 Å². The number of benzene rings is 1. The standard InChI is InChI=1S/C31H44N4O5/c1-21-7-9-22(10-8-21)27-6-4-5-24(40-27)19-33-26-11-15-32-29(30(26)38-3)31(36)35-16-12-23(13-17-35)34-25-14-18-39-20-28(25)37-2/h7-11,15,23-25,27-28,34H,4-6,12-14,16-20H2,1-3H3,(H,32,33)/t24-,25+,27+,28-/m1/s1. The maximum Gasteiger partial charge on any atom is 0.276 e. The molecule has 0 saturated carbocycles. The van der Waals surface area contributed by atoms with Gasteiger partial charge in [-0.15, -0.1) is 0 Å². The van der Waals surface area contributed by atoms with Crippen LogP contribution in [0.1, 0.15) is 66.2 Å². The fourth-order valence-corrected chi connectivity index (χ4v) is 6.08. The number of anilines is 1. The zero-order valence-corrected chi connectivity index (χ0v) is 24.1. The molecule has 218 valence electrons. The molecule has 1 aromatic heterocycles. The van der Waals surface area contributed by atoms with Crippen LogP contribution in [0.5, 0.6) is 5.75 Å². The molecule has 2 aromatic rings. The lowest BCUT2D eigenvalue weighted by atomic mass is 9.97. The molecule has 0 aliphatic carbocycles. The average molecular weight is 553 g/mol. The molecule has 0 bridgehead atoms. The van der Waals surface area contributed by atoms with E-state index >= 15 is 0 Å². The molecule has 0 radical (unpaired) electrons. The Hall–Kier alpha value is -2.72. The molecule has 4 heterocycles. The van der Waals surface area contributed by atoms with Gasteiger partial charge >= 0.3 is 0 Å². The molecule has 3 fully saturated rings. The smallest absolute Gasteiger partial charge is 0.276 e. The van der Waals surface area contributed by atoms with E-state index in [0.29, 0.717) is 43.7 Å². The van der Waals surface area contributed by atoms with Crippen LogP contribution in [-0.2, 0) is 14.2 Å². The molecule has 4 atom stereocenters. The van der Waals surface area contributed by atoms with Crippen LogP contribution in [0.3, 0.4) is 0 Å². The van der Waals surface area contributed by atoms with Crippen molar-refractivity contribution in [3.63, 3.8) is 0 Å². The Bertz CT molecular complexity index is 1110. The number of aryl methyl sites for hydroxylation is 1. The van der Waals surface area contributed by atoms with E-state index in [1.165, 1.54) is 11.1 Å². The van der Waals surface area contributed by atoms with Crippen molar-refractivity contribution in [2.45, 2.75) is 75.8 Å². The summed E-state index contributed by atoms with van der Waals surface area (Å²) in [7, 11) is 3.34. The largest absolute Gasteiger partial charge is 0.492 e. The number of carbonyl (C=O) groups is 1. The van der Waals surface area contributed by atoms with Crippen molar-refractivity contribution >= 4 is 11.6 Å². The van der Waals surface area contributed by atoms with Gasteiger partial charge in [0.2, 0.25) is 0 Å². The minimum Gasteiger partial charge on any atom is -0.492 e. The van der Waals surface area contributed by atoms with Crippen molar-refractivity contribution in [1.82, 2.24) is 15.2 Å². The molecule has 1 aromatic carbocycles. The number of amides is 1. The van der Waals surface area contributed by atoms with Gasteiger partial charge in [0.15, 0.2) is 11.4 Å². The van der Waals surface area contributed by atoms with Gasteiger partial charge in [0.25, 0.3) is 5.91 Å². The normalized spacial score (nSPS) is 25.9. The Morgan fingerprint density at radius 2 is 1.88 bits per heavy atom. The number of aromatic nitrogens is 1. The zero-order chi connectivity index (χ0) is 27.9. The Balaban J connectivity index is 1.16. The first-order chi connectivity index (χ1) is 19.6. The van der Waals surface area contributed by atoms with E-state index < -0.39 is 0 Å². The number of hydrogen-bond donors (Lipinski definition) is 2. The lowest BCUT2D eigenvalue weighted by molar-refractivity contribution is -0.0533. The van der Waals surface area contributed by atoms with Crippen molar-refractivity contribution in [3.05, 3.63) is 53.3 Å². The summed E-state index contributed by atoms with van der Waals surface area (Å²) in [5.74, 6) is 0.400. The monoisotopic (exact) mass is 552 g/mol. The summed E-state index contributed by atoms with van der Waals surface area (Å²) in [6.07, 6.45) is 7.82. The number of pyridine rings is 1. The first kappa shape index (κ1) is 28.8. The van der Waals surface area contributed by atoms with Crippen LogP contribution in [0.2, 0.25) is 0 Å². The first-order valence-corrected chi connectivity index (χ1v) is 14.7. The molecule has 2 N–H and O–H groups in total. The maximum absolute atomic E-state index is 13.5. The minimum absolute atomic E-state index is 0.0737. The van der Waals surface area contributed by atoms with Crippen LogP contribution in [0.25, 0.3) is 0 Å². The van der Waals surface area contributed by atoms with Gasteiger partial charge in [-0.3, -0.25) is 4.79 Å². The molecule has 3 aliphatic rings. The second-order valence-electron chi connectivity index (χ2n) is 11.2. The summed E-state index contributed by atoms with van der Waals surface area (Å²) >= 11 is 0. The van der Waals surface area contributed by atoms with Crippen LogP contribution in [0.4, 0.5) is 5.69 Å². The van der Waals surface area contributed by atoms with Crippen LogP contribution < -0.4 is 15.4 Å². The van der Waals surface area contributed by atoms with Crippen LogP contribution in [0, 0.1) is 6.92 Å². The first-order valence-electron chi connectivity index (χ1n) is 14.7. The van der Waals surface area contributed by atoms with Gasteiger partial charge in [0.05, 0.1) is 37.7 Å². The quantitative estimate of drug-likeness (QED) is 0.480. The Morgan fingerprint density at radius 3 is 2.62 bits per heavy atom. The van der Waals surface area contributed by atoms with Gasteiger partial charge in [-0.1, -0.05) is 29.8 Å². The van der Waals surface area contributed by atoms with Gasteiger partial charge in [-0.2, -0.15) is 0 Å². The number of hydrogen-bond acceptors (Lipinski definition) is 8. The molecule has 1 amide bonds. The Labute approximate surface area is 237 Å². The number of nitrogens with zero attached hydrogens (tertiary/aromatic N) is 2. The number of ether oxygens (including phenoxy) is 4. The van der Waals surface area contributed by atoms with E-state index in [2.05, 4.69) is 46.8 Å². The lowest BCUT2D eigenvalue weighted by Gasteiger charge is -2.38. The fourth-order valence-electron chi connectivity index (χ4n) is 6.08. The van der Waals surface area contributed by atoms with E-state index in [9.17, 15) is 4.79 Å². The van der Waals surface area contributed by atoms with Crippen molar-refractivity contribution in [3.8, 4) is 5.75 Å². The highest BCUT2D eigenvalue weighted by atomic mass is 16.5. The highest BCUT2D eigenvalue weighted by molar-refractivity contribution is 5.96. The third kappa shape index (κ3) is 6.94. The second kappa shape index (κ2) is 13.8. The van der Waals surface area contributed by atoms with Crippen molar-refractivity contribution < 1.29 is 23.7 Å². The third-order valence-corrected chi connectivity index (χ3v) is 8.47. The van der Waals surface area contributed by atoms with Crippen molar-refractivity contribution in [1.29, 1.82) is 0 Å². The van der Waals surface area contributed by atoms with E-state index in [1.807, 2.05) is 11.0 Å². The average Bonchev–Trinajstić information content (AvgIpc) is 3.00. The molecule has 3 aliphatic heterocycles. The van der Waals surface area contributed by atoms with Gasteiger partial charge in [-0.05, 0) is 57.1 Å². The Morgan fingerprint density at radius 1 is 1.07 bits per heavy atom. The zero-order valence-electron chi connectivity index (χ0n) is 24.1. The number of piperidine rings is 1. The molecular formula is C31H44N4O5. The summed E-state index contributed by atoms with van der Waals surface area (Å²) < 4.78 is 23.3. The summed E-state index contributed by atoms with van der Waals surface area (Å²) in [6, 6.07) is 11.1. The summed E-state index contributed by atoms with van der Waals surface area (Å²) in [6.45, 7) is 5.48. The number of methoxy groups -OCH3 is 2. The summed E-state index contributed by atoms with van der Waals surface area (Å²) in [5, 5.41) is 7.23. The third-order valence-electron chi connectivity index (χ3n) is 8.47. The lowest BCUT2D eigenvalue weighted by Crippen LogP contribution is -2.54.